The van der Waals surface area contributed by atoms with Crippen LogP contribution in [0.15, 0.2) is 12.1 Å². The van der Waals surface area contributed by atoms with E-state index in [1.54, 1.807) is 14.2 Å². The van der Waals surface area contributed by atoms with Crippen LogP contribution in [0.3, 0.4) is 0 Å². The SMILES string of the molecule is COCCN(CCC#N)Cc1cc(OC)cc(C)n1. The van der Waals surface area contributed by atoms with Crippen molar-refractivity contribution in [1.82, 2.24) is 9.88 Å². The molecule has 0 saturated carbocycles. The predicted molar refractivity (Wildman–Crippen MR) is 72.9 cm³/mol. The number of aryl methyl sites for hydroxylation is 1. The first-order valence-electron chi connectivity index (χ1n) is 6.29. The molecule has 0 saturated heterocycles. The van der Waals surface area contributed by atoms with Gasteiger partial charge in [-0.25, -0.2) is 0 Å². The molecule has 0 fully saturated rings. The number of aromatic nitrogens is 1. The Hall–Kier alpha value is -1.64. The van der Waals surface area contributed by atoms with E-state index in [9.17, 15) is 0 Å². The molecule has 0 unspecified atom stereocenters. The molecule has 0 amide bonds. The van der Waals surface area contributed by atoms with Crippen molar-refractivity contribution in [2.24, 2.45) is 0 Å². The normalized spacial score (nSPS) is 10.5. The molecule has 0 bridgehead atoms. The molecule has 0 aliphatic rings. The molecule has 1 aromatic heterocycles. The summed E-state index contributed by atoms with van der Waals surface area (Å²) in [7, 11) is 3.33. The Bertz CT molecular complexity index is 429. The average molecular weight is 263 g/mol. The van der Waals surface area contributed by atoms with Gasteiger partial charge in [0.1, 0.15) is 5.75 Å². The first-order chi connectivity index (χ1) is 9.19. The maximum absolute atomic E-state index is 8.69. The summed E-state index contributed by atoms with van der Waals surface area (Å²) in [6, 6.07) is 6.00. The molecular weight excluding hydrogens is 242 g/mol. The molecule has 0 aromatic carbocycles. The van der Waals surface area contributed by atoms with Crippen molar-refractivity contribution < 1.29 is 9.47 Å². The van der Waals surface area contributed by atoms with Gasteiger partial charge in [0.05, 0.1) is 25.5 Å². The molecule has 0 aliphatic heterocycles. The van der Waals surface area contributed by atoms with Crippen molar-refractivity contribution in [3.8, 4) is 11.8 Å². The van der Waals surface area contributed by atoms with Gasteiger partial charge < -0.3 is 9.47 Å². The molecular formula is C14H21N3O2. The minimum Gasteiger partial charge on any atom is -0.497 e. The maximum atomic E-state index is 8.69. The monoisotopic (exact) mass is 263 g/mol. The van der Waals surface area contributed by atoms with Crippen molar-refractivity contribution >= 4 is 0 Å². The number of rotatable bonds is 8. The molecule has 0 N–H and O–H groups in total. The first kappa shape index (κ1) is 15.4. The maximum Gasteiger partial charge on any atom is 0.122 e. The number of nitrogens with zero attached hydrogens (tertiary/aromatic N) is 3. The topological polar surface area (TPSA) is 58.4 Å². The van der Waals surface area contributed by atoms with Gasteiger partial charge in [-0.05, 0) is 6.92 Å². The van der Waals surface area contributed by atoms with Crippen molar-refractivity contribution in [3.05, 3.63) is 23.5 Å². The van der Waals surface area contributed by atoms with Crippen LogP contribution in [0.2, 0.25) is 0 Å². The highest BCUT2D eigenvalue weighted by atomic mass is 16.5. The third kappa shape index (κ3) is 5.69. The minimum atomic E-state index is 0.507. The van der Waals surface area contributed by atoms with E-state index in [0.29, 0.717) is 19.6 Å². The van der Waals surface area contributed by atoms with E-state index in [1.807, 2.05) is 19.1 Å². The van der Waals surface area contributed by atoms with Gasteiger partial charge in [0.15, 0.2) is 0 Å². The smallest absolute Gasteiger partial charge is 0.122 e. The molecule has 1 aromatic rings. The highest BCUT2D eigenvalue weighted by Crippen LogP contribution is 2.14. The van der Waals surface area contributed by atoms with Crippen molar-refractivity contribution in [1.29, 1.82) is 5.26 Å². The number of hydrogen-bond donors (Lipinski definition) is 0. The van der Waals surface area contributed by atoms with Gasteiger partial charge in [-0.1, -0.05) is 0 Å². The Morgan fingerprint density at radius 3 is 2.74 bits per heavy atom. The van der Waals surface area contributed by atoms with E-state index in [2.05, 4.69) is 16.0 Å². The summed E-state index contributed by atoms with van der Waals surface area (Å²) in [4.78, 5) is 6.65. The van der Waals surface area contributed by atoms with Crippen molar-refractivity contribution in [2.75, 3.05) is 33.9 Å². The summed E-state index contributed by atoms with van der Waals surface area (Å²) >= 11 is 0. The van der Waals surface area contributed by atoms with Gasteiger partial charge in [0.2, 0.25) is 0 Å². The Balaban J connectivity index is 2.71. The van der Waals surface area contributed by atoms with Crippen LogP contribution in [0.4, 0.5) is 0 Å². The van der Waals surface area contributed by atoms with Gasteiger partial charge >= 0.3 is 0 Å². The summed E-state index contributed by atoms with van der Waals surface area (Å²) in [5.41, 5.74) is 1.88. The lowest BCUT2D eigenvalue weighted by molar-refractivity contribution is 0.144. The Morgan fingerprint density at radius 1 is 1.32 bits per heavy atom. The summed E-state index contributed by atoms with van der Waals surface area (Å²) in [5.74, 6) is 0.814. The Morgan fingerprint density at radius 2 is 2.11 bits per heavy atom. The van der Waals surface area contributed by atoms with Crippen LogP contribution in [0, 0.1) is 18.3 Å². The Kier molecular flexibility index (Phi) is 6.86. The van der Waals surface area contributed by atoms with Gasteiger partial charge in [0.25, 0.3) is 0 Å². The molecule has 1 heterocycles. The van der Waals surface area contributed by atoms with E-state index in [0.717, 1.165) is 30.2 Å². The minimum absolute atomic E-state index is 0.507. The van der Waals surface area contributed by atoms with Gasteiger partial charge in [-0.2, -0.15) is 5.26 Å². The summed E-state index contributed by atoms with van der Waals surface area (Å²) in [6.45, 7) is 4.80. The average Bonchev–Trinajstić information content (AvgIpc) is 2.41. The third-order valence-corrected chi connectivity index (χ3v) is 2.75. The fourth-order valence-corrected chi connectivity index (χ4v) is 1.83. The zero-order valence-electron chi connectivity index (χ0n) is 11.8. The highest BCUT2D eigenvalue weighted by Gasteiger charge is 2.08. The van der Waals surface area contributed by atoms with Crippen LogP contribution in [-0.4, -0.2) is 43.8 Å². The number of nitriles is 1. The zero-order valence-corrected chi connectivity index (χ0v) is 11.8. The second-order valence-electron chi connectivity index (χ2n) is 4.32. The lowest BCUT2D eigenvalue weighted by Crippen LogP contribution is -2.28. The van der Waals surface area contributed by atoms with Crippen LogP contribution in [0.1, 0.15) is 17.8 Å². The van der Waals surface area contributed by atoms with Crippen molar-refractivity contribution in [3.63, 3.8) is 0 Å². The third-order valence-electron chi connectivity index (χ3n) is 2.75. The number of pyridine rings is 1. The van der Waals surface area contributed by atoms with Crippen molar-refractivity contribution in [2.45, 2.75) is 19.9 Å². The number of ether oxygens (including phenoxy) is 2. The van der Waals surface area contributed by atoms with E-state index < -0.39 is 0 Å². The van der Waals surface area contributed by atoms with Crippen LogP contribution >= 0.6 is 0 Å². The second kappa shape index (κ2) is 8.46. The van der Waals surface area contributed by atoms with E-state index in [1.165, 1.54) is 0 Å². The summed E-state index contributed by atoms with van der Waals surface area (Å²) in [6.07, 6.45) is 0.507. The van der Waals surface area contributed by atoms with Gasteiger partial charge in [-0.3, -0.25) is 9.88 Å². The van der Waals surface area contributed by atoms with E-state index >= 15 is 0 Å². The quantitative estimate of drug-likeness (QED) is 0.715. The summed E-state index contributed by atoms with van der Waals surface area (Å²) in [5, 5.41) is 8.69. The lowest BCUT2D eigenvalue weighted by atomic mass is 10.2. The number of hydrogen-bond acceptors (Lipinski definition) is 5. The van der Waals surface area contributed by atoms with E-state index in [4.69, 9.17) is 14.7 Å². The lowest BCUT2D eigenvalue weighted by Gasteiger charge is -2.20. The van der Waals surface area contributed by atoms with Crippen LogP contribution in [0.5, 0.6) is 5.75 Å². The standard InChI is InChI=1S/C14H21N3O2/c1-12-9-14(19-3)10-13(16-12)11-17(6-4-5-15)7-8-18-2/h9-10H,4,6-8,11H2,1-3H3. The fourth-order valence-electron chi connectivity index (χ4n) is 1.83. The van der Waals surface area contributed by atoms with Crippen LogP contribution < -0.4 is 4.74 Å². The van der Waals surface area contributed by atoms with Crippen LogP contribution in [-0.2, 0) is 11.3 Å². The van der Waals surface area contributed by atoms with Gasteiger partial charge in [0, 0.05) is 51.0 Å². The molecule has 5 heteroatoms. The number of methoxy groups -OCH3 is 2. The van der Waals surface area contributed by atoms with Gasteiger partial charge in [-0.15, -0.1) is 0 Å². The van der Waals surface area contributed by atoms with Crippen LogP contribution in [0.25, 0.3) is 0 Å². The zero-order chi connectivity index (χ0) is 14.1. The molecule has 5 nitrogen and oxygen atoms in total. The second-order valence-corrected chi connectivity index (χ2v) is 4.32. The fraction of sp³-hybridized carbons (Fsp3) is 0.571. The van der Waals surface area contributed by atoms with E-state index in [-0.39, 0.29) is 0 Å². The Labute approximate surface area is 114 Å². The molecule has 0 aliphatic carbocycles. The predicted octanol–water partition coefficient (Wildman–Crippen LogP) is 1.76. The molecule has 1 rings (SSSR count). The summed E-state index contributed by atoms with van der Waals surface area (Å²) < 4.78 is 10.3. The largest absolute Gasteiger partial charge is 0.497 e. The highest BCUT2D eigenvalue weighted by molar-refractivity contribution is 5.26. The first-order valence-corrected chi connectivity index (χ1v) is 6.29. The molecule has 104 valence electrons. The molecule has 0 atom stereocenters. The molecule has 0 spiro atoms. The molecule has 0 radical (unpaired) electrons. The molecule has 19 heavy (non-hydrogen) atoms.